The standard InChI is InChI=1S/C24H19BrFN5O4S/c1-3-31(36(33)34)18-11-19-17(10-16(18)14-6-9-20-28-29-24(25)30(20)12-14)21(23(32)27-2)22(35-19)13-4-7-15(26)8-5-13/h4-12,36H,3H2,1-2H3,(H,27,32). The van der Waals surface area contributed by atoms with E-state index in [0.717, 1.165) is 0 Å². The second kappa shape index (κ2) is 9.36. The molecule has 184 valence electrons. The molecule has 12 heteroatoms. The van der Waals surface area contributed by atoms with Gasteiger partial charge in [0.25, 0.3) is 5.91 Å². The molecule has 3 heterocycles. The molecule has 0 bridgehead atoms. The fraction of sp³-hybridized carbons (Fsp3) is 0.125. The Morgan fingerprint density at radius 3 is 2.53 bits per heavy atom. The first-order chi connectivity index (χ1) is 17.3. The molecule has 0 saturated heterocycles. The van der Waals surface area contributed by atoms with Gasteiger partial charge in [-0.3, -0.25) is 13.5 Å². The minimum atomic E-state index is -2.97. The Bertz CT molecular complexity index is 1700. The van der Waals surface area contributed by atoms with E-state index in [2.05, 4.69) is 31.4 Å². The first kappa shape index (κ1) is 23.9. The molecule has 36 heavy (non-hydrogen) atoms. The molecule has 0 atom stereocenters. The molecule has 2 aromatic carbocycles. The van der Waals surface area contributed by atoms with E-state index in [0.29, 0.717) is 43.7 Å². The molecule has 0 aliphatic carbocycles. The Labute approximate surface area is 214 Å². The van der Waals surface area contributed by atoms with Gasteiger partial charge in [-0.15, -0.1) is 10.2 Å². The van der Waals surface area contributed by atoms with Gasteiger partial charge in [0.1, 0.15) is 17.2 Å². The van der Waals surface area contributed by atoms with Crippen molar-refractivity contribution in [3.05, 3.63) is 70.8 Å². The second-order valence-corrected chi connectivity index (χ2v) is 9.49. The highest BCUT2D eigenvalue weighted by atomic mass is 79.9. The van der Waals surface area contributed by atoms with Crippen LogP contribution in [0.5, 0.6) is 0 Å². The number of carbonyl (C=O) groups excluding carboxylic acids is 1. The molecule has 0 aliphatic rings. The number of nitrogens with one attached hydrogen (secondary N) is 1. The van der Waals surface area contributed by atoms with Gasteiger partial charge in [0.2, 0.25) is 15.6 Å². The minimum absolute atomic E-state index is 0.184. The summed E-state index contributed by atoms with van der Waals surface area (Å²) in [4.78, 5) is 13.0. The molecule has 3 aromatic heterocycles. The molecular formula is C24H19BrFN5O4S. The van der Waals surface area contributed by atoms with Gasteiger partial charge in [0.15, 0.2) is 5.65 Å². The van der Waals surface area contributed by atoms with Crippen LogP contribution in [0, 0.1) is 5.82 Å². The number of benzene rings is 2. The predicted octanol–water partition coefficient (Wildman–Crippen LogP) is 4.42. The number of carbonyl (C=O) groups is 1. The maximum atomic E-state index is 13.6. The van der Waals surface area contributed by atoms with Gasteiger partial charge >= 0.3 is 0 Å². The van der Waals surface area contributed by atoms with Crippen LogP contribution in [0.1, 0.15) is 17.3 Å². The third kappa shape index (κ3) is 4.01. The monoisotopic (exact) mass is 571 g/mol. The normalized spacial score (nSPS) is 11.5. The fourth-order valence-corrected chi connectivity index (χ4v) is 5.06. The number of furan rings is 1. The summed E-state index contributed by atoms with van der Waals surface area (Å²) < 4.78 is 47.4. The van der Waals surface area contributed by atoms with E-state index in [4.69, 9.17) is 4.42 Å². The molecule has 1 amide bonds. The van der Waals surface area contributed by atoms with E-state index < -0.39 is 22.6 Å². The number of fused-ring (bicyclic) bond motifs is 2. The van der Waals surface area contributed by atoms with Crippen LogP contribution in [-0.4, -0.2) is 42.5 Å². The Morgan fingerprint density at radius 2 is 1.86 bits per heavy atom. The molecule has 0 unspecified atom stereocenters. The zero-order valence-corrected chi connectivity index (χ0v) is 21.5. The second-order valence-electron chi connectivity index (χ2n) is 7.83. The summed E-state index contributed by atoms with van der Waals surface area (Å²) in [6.07, 6.45) is 1.77. The lowest BCUT2D eigenvalue weighted by Crippen LogP contribution is -2.21. The van der Waals surface area contributed by atoms with Gasteiger partial charge in [0.05, 0.1) is 11.3 Å². The summed E-state index contributed by atoms with van der Waals surface area (Å²) >= 11 is 3.36. The summed E-state index contributed by atoms with van der Waals surface area (Å²) in [5.74, 6) is -0.570. The van der Waals surface area contributed by atoms with Crippen LogP contribution in [-0.2, 0) is 10.9 Å². The Morgan fingerprint density at radius 1 is 1.14 bits per heavy atom. The lowest BCUT2D eigenvalue weighted by Gasteiger charge is -2.19. The third-order valence-corrected chi connectivity index (χ3v) is 7.25. The maximum absolute atomic E-state index is 13.6. The number of aromatic nitrogens is 3. The van der Waals surface area contributed by atoms with E-state index in [1.54, 1.807) is 41.8 Å². The summed E-state index contributed by atoms with van der Waals surface area (Å²) in [6, 6.07) is 12.5. The number of pyridine rings is 1. The number of amides is 1. The zero-order chi connectivity index (χ0) is 25.6. The van der Waals surface area contributed by atoms with Gasteiger partial charge in [0, 0.05) is 47.9 Å². The Hall–Kier alpha value is -3.77. The molecule has 0 fully saturated rings. The van der Waals surface area contributed by atoms with E-state index in [-0.39, 0.29) is 17.9 Å². The van der Waals surface area contributed by atoms with Gasteiger partial charge in [-0.1, -0.05) is 0 Å². The highest BCUT2D eigenvalue weighted by Crippen LogP contribution is 2.41. The minimum Gasteiger partial charge on any atom is -0.455 e. The van der Waals surface area contributed by atoms with Crippen molar-refractivity contribution < 1.29 is 22.0 Å². The molecule has 5 aromatic rings. The molecule has 0 aliphatic heterocycles. The summed E-state index contributed by atoms with van der Waals surface area (Å²) in [6.45, 7) is 1.91. The average molecular weight is 572 g/mol. The number of rotatable bonds is 6. The van der Waals surface area contributed by atoms with Gasteiger partial charge < -0.3 is 9.73 Å². The number of anilines is 1. The van der Waals surface area contributed by atoms with Crippen molar-refractivity contribution in [2.24, 2.45) is 0 Å². The average Bonchev–Trinajstić information content (AvgIpc) is 3.43. The molecule has 0 radical (unpaired) electrons. The molecule has 1 N–H and O–H groups in total. The van der Waals surface area contributed by atoms with E-state index in [1.165, 1.54) is 35.6 Å². The third-order valence-electron chi connectivity index (χ3n) is 5.81. The van der Waals surface area contributed by atoms with Crippen molar-refractivity contribution >= 4 is 55.0 Å². The SMILES string of the molecule is CCN(c1cc2oc(-c3ccc(F)cc3)c(C(=O)NC)c2cc1-c1ccc2nnc(Br)n2c1)[SH](=O)=O. The van der Waals surface area contributed by atoms with Crippen molar-refractivity contribution in [2.45, 2.75) is 6.92 Å². The first-order valence-electron chi connectivity index (χ1n) is 10.8. The lowest BCUT2D eigenvalue weighted by atomic mass is 9.99. The first-order valence-corrected chi connectivity index (χ1v) is 12.8. The van der Waals surface area contributed by atoms with Gasteiger partial charge in [-0.2, -0.15) is 0 Å². The number of thiol groups is 1. The van der Waals surface area contributed by atoms with Gasteiger partial charge in [-0.05, 0) is 65.3 Å². The maximum Gasteiger partial charge on any atom is 0.255 e. The molecule has 0 spiro atoms. The summed E-state index contributed by atoms with van der Waals surface area (Å²) in [7, 11) is -1.46. The topological polar surface area (TPSA) is 110 Å². The zero-order valence-electron chi connectivity index (χ0n) is 19.0. The van der Waals surface area contributed by atoms with Crippen LogP contribution in [0.2, 0.25) is 0 Å². The summed E-state index contributed by atoms with van der Waals surface area (Å²) in [5.41, 5.74) is 3.29. The lowest BCUT2D eigenvalue weighted by molar-refractivity contribution is 0.0964. The van der Waals surface area contributed by atoms with Crippen molar-refractivity contribution in [3.63, 3.8) is 0 Å². The van der Waals surface area contributed by atoms with Crippen LogP contribution < -0.4 is 9.62 Å². The van der Waals surface area contributed by atoms with Crippen molar-refractivity contribution in [1.29, 1.82) is 0 Å². The molecule has 9 nitrogen and oxygen atoms in total. The fourth-order valence-electron chi connectivity index (χ4n) is 4.13. The van der Waals surface area contributed by atoms with Crippen LogP contribution >= 0.6 is 15.9 Å². The summed E-state index contributed by atoms with van der Waals surface area (Å²) in [5, 5.41) is 11.2. The highest BCUT2D eigenvalue weighted by molar-refractivity contribution is 9.10. The molecule has 0 saturated carbocycles. The molecular weight excluding hydrogens is 553 g/mol. The quantitative estimate of drug-likeness (QED) is 0.292. The van der Waals surface area contributed by atoms with E-state index >= 15 is 0 Å². The van der Waals surface area contributed by atoms with Gasteiger partial charge in [-0.25, -0.2) is 12.8 Å². The Balaban J connectivity index is 1.85. The predicted molar refractivity (Wildman–Crippen MR) is 138 cm³/mol. The number of halogens is 2. The van der Waals surface area contributed by atoms with Crippen molar-refractivity contribution in [3.8, 4) is 22.5 Å². The van der Waals surface area contributed by atoms with Crippen molar-refractivity contribution in [2.75, 3.05) is 17.9 Å². The smallest absolute Gasteiger partial charge is 0.255 e. The van der Waals surface area contributed by atoms with Crippen LogP contribution in [0.15, 0.2) is 63.9 Å². The van der Waals surface area contributed by atoms with E-state index in [1.807, 2.05) is 0 Å². The largest absolute Gasteiger partial charge is 0.455 e. The number of nitrogens with zero attached hydrogens (tertiary/aromatic N) is 4. The van der Waals surface area contributed by atoms with E-state index in [9.17, 15) is 17.6 Å². The Kier molecular flexibility index (Phi) is 6.22. The molecule has 5 rings (SSSR count). The number of hydrogen-bond acceptors (Lipinski definition) is 6. The van der Waals surface area contributed by atoms with Crippen molar-refractivity contribution in [1.82, 2.24) is 19.9 Å². The van der Waals surface area contributed by atoms with Crippen LogP contribution in [0.25, 0.3) is 39.1 Å². The van der Waals surface area contributed by atoms with Crippen LogP contribution in [0.3, 0.4) is 0 Å². The number of hydrogen-bond donors (Lipinski definition) is 2. The van der Waals surface area contributed by atoms with Crippen LogP contribution in [0.4, 0.5) is 10.1 Å². The highest BCUT2D eigenvalue weighted by Gasteiger charge is 2.25.